The van der Waals surface area contributed by atoms with Crippen LogP contribution in [-0.2, 0) is 18.4 Å². The van der Waals surface area contributed by atoms with Crippen LogP contribution in [-0.4, -0.2) is 32.2 Å². The van der Waals surface area contributed by atoms with Crippen LogP contribution in [0.15, 0.2) is 35.7 Å². The van der Waals surface area contributed by atoms with E-state index < -0.39 is 11.6 Å². The number of benzene rings is 1. The third-order valence-corrected chi connectivity index (χ3v) is 5.21. The van der Waals surface area contributed by atoms with Gasteiger partial charge in [0.05, 0.1) is 5.25 Å². The second kappa shape index (κ2) is 6.70. The van der Waals surface area contributed by atoms with Crippen molar-refractivity contribution in [3.05, 3.63) is 47.8 Å². The first-order valence-corrected chi connectivity index (χ1v) is 8.29. The SMILES string of the molecule is Cn1ccnc1S[C@H]1CCCN(Cc2ccc(F)cc2F)C1=O. The summed E-state index contributed by atoms with van der Waals surface area (Å²) in [6.07, 6.45) is 5.16. The summed E-state index contributed by atoms with van der Waals surface area (Å²) in [5, 5.41) is 0.575. The number of hydrogen-bond donors (Lipinski definition) is 0. The summed E-state index contributed by atoms with van der Waals surface area (Å²) in [6.45, 7) is 0.760. The van der Waals surface area contributed by atoms with Gasteiger partial charge < -0.3 is 9.47 Å². The molecular formula is C16H17F2N3OS. The molecule has 1 aromatic heterocycles. The third-order valence-electron chi connectivity index (χ3n) is 3.88. The maximum atomic E-state index is 13.8. The fourth-order valence-corrected chi connectivity index (χ4v) is 3.76. The number of nitrogens with zero attached hydrogens (tertiary/aromatic N) is 3. The molecule has 2 aromatic rings. The van der Waals surface area contributed by atoms with Crippen molar-refractivity contribution in [3.63, 3.8) is 0 Å². The van der Waals surface area contributed by atoms with Crippen LogP contribution >= 0.6 is 11.8 Å². The van der Waals surface area contributed by atoms with E-state index in [0.717, 1.165) is 24.1 Å². The van der Waals surface area contributed by atoms with Crippen molar-refractivity contribution in [2.24, 2.45) is 7.05 Å². The summed E-state index contributed by atoms with van der Waals surface area (Å²) >= 11 is 1.43. The summed E-state index contributed by atoms with van der Waals surface area (Å²) in [7, 11) is 1.88. The molecule has 1 amide bonds. The molecule has 122 valence electrons. The van der Waals surface area contributed by atoms with Gasteiger partial charge in [-0.3, -0.25) is 4.79 Å². The van der Waals surface area contributed by atoms with Crippen LogP contribution in [0.5, 0.6) is 0 Å². The Hall–Kier alpha value is -1.89. The highest BCUT2D eigenvalue weighted by molar-refractivity contribution is 8.00. The molecule has 1 saturated heterocycles. The van der Waals surface area contributed by atoms with Gasteiger partial charge in [0.1, 0.15) is 11.6 Å². The van der Waals surface area contributed by atoms with Crippen LogP contribution in [0.4, 0.5) is 8.78 Å². The van der Waals surface area contributed by atoms with Gasteiger partial charge >= 0.3 is 0 Å². The van der Waals surface area contributed by atoms with E-state index in [1.54, 1.807) is 11.1 Å². The van der Waals surface area contributed by atoms with Gasteiger partial charge in [-0.25, -0.2) is 13.8 Å². The fourth-order valence-electron chi connectivity index (χ4n) is 2.62. The standard InChI is InChI=1S/C16H17F2N3OS/c1-20-8-6-19-16(20)23-14-3-2-7-21(15(14)22)10-11-4-5-12(17)9-13(11)18/h4-6,8-9,14H,2-3,7,10H2,1H3/t14-/m0/s1. The van der Waals surface area contributed by atoms with E-state index in [4.69, 9.17) is 0 Å². The third kappa shape index (κ3) is 3.55. The molecule has 0 unspecified atom stereocenters. The summed E-state index contributed by atoms with van der Waals surface area (Å²) in [6, 6.07) is 3.46. The van der Waals surface area contributed by atoms with E-state index in [9.17, 15) is 13.6 Å². The molecule has 0 N–H and O–H groups in total. The molecule has 1 fully saturated rings. The average Bonchev–Trinajstić information content (AvgIpc) is 2.91. The summed E-state index contributed by atoms with van der Waals surface area (Å²) < 4.78 is 28.6. The van der Waals surface area contributed by atoms with Crippen molar-refractivity contribution >= 4 is 17.7 Å². The maximum absolute atomic E-state index is 13.8. The molecule has 4 nitrogen and oxygen atoms in total. The number of imidazole rings is 1. The lowest BCUT2D eigenvalue weighted by Gasteiger charge is -2.32. The Morgan fingerprint density at radius 3 is 2.91 bits per heavy atom. The Balaban J connectivity index is 1.71. The zero-order valence-electron chi connectivity index (χ0n) is 12.7. The normalized spacial score (nSPS) is 18.5. The molecule has 0 saturated carbocycles. The van der Waals surface area contributed by atoms with Gasteiger partial charge in [0.25, 0.3) is 0 Å². The summed E-state index contributed by atoms with van der Waals surface area (Å²) in [4.78, 5) is 18.5. The quantitative estimate of drug-likeness (QED) is 0.861. The molecule has 0 bridgehead atoms. The predicted molar refractivity (Wildman–Crippen MR) is 83.9 cm³/mol. The smallest absolute Gasteiger partial charge is 0.236 e. The van der Waals surface area contributed by atoms with Crippen LogP contribution in [0, 0.1) is 11.6 Å². The number of rotatable bonds is 4. The molecule has 1 aliphatic rings. The van der Waals surface area contributed by atoms with Gasteiger partial charge in [0, 0.05) is 44.2 Å². The van der Waals surface area contributed by atoms with Gasteiger partial charge in [-0.2, -0.15) is 0 Å². The summed E-state index contributed by atoms with van der Waals surface area (Å²) in [5.41, 5.74) is 0.336. The molecule has 7 heteroatoms. The van der Waals surface area contributed by atoms with Crippen molar-refractivity contribution in [1.82, 2.24) is 14.5 Å². The van der Waals surface area contributed by atoms with E-state index in [-0.39, 0.29) is 17.7 Å². The lowest BCUT2D eigenvalue weighted by Crippen LogP contribution is -2.42. The van der Waals surface area contributed by atoms with E-state index in [1.807, 2.05) is 17.8 Å². The van der Waals surface area contributed by atoms with E-state index in [2.05, 4.69) is 4.98 Å². The number of carbonyl (C=O) groups is 1. The minimum atomic E-state index is -0.614. The van der Waals surface area contributed by atoms with Crippen molar-refractivity contribution in [2.75, 3.05) is 6.54 Å². The molecule has 0 radical (unpaired) electrons. The van der Waals surface area contributed by atoms with Gasteiger partial charge in [-0.1, -0.05) is 17.8 Å². The van der Waals surface area contributed by atoms with Crippen molar-refractivity contribution in [1.29, 1.82) is 0 Å². The lowest BCUT2D eigenvalue weighted by atomic mass is 10.1. The van der Waals surface area contributed by atoms with Gasteiger partial charge in [-0.15, -0.1) is 0 Å². The largest absolute Gasteiger partial charge is 0.337 e. The van der Waals surface area contributed by atoms with Crippen LogP contribution in [0.3, 0.4) is 0 Å². The number of halogens is 2. The minimum absolute atomic E-state index is 0.0204. The molecule has 1 aromatic carbocycles. The first-order valence-electron chi connectivity index (χ1n) is 7.41. The molecule has 0 aliphatic carbocycles. The number of likely N-dealkylation sites (tertiary alicyclic amines) is 1. The number of carbonyl (C=O) groups excluding carboxylic acids is 1. The Morgan fingerprint density at radius 2 is 2.22 bits per heavy atom. The van der Waals surface area contributed by atoms with Crippen LogP contribution < -0.4 is 0 Å². The molecule has 23 heavy (non-hydrogen) atoms. The van der Waals surface area contributed by atoms with Crippen molar-refractivity contribution in [2.45, 2.75) is 29.8 Å². The van der Waals surface area contributed by atoms with Crippen molar-refractivity contribution in [3.8, 4) is 0 Å². The van der Waals surface area contributed by atoms with Gasteiger partial charge in [0.15, 0.2) is 5.16 Å². The maximum Gasteiger partial charge on any atom is 0.236 e. The van der Waals surface area contributed by atoms with Gasteiger partial charge in [-0.05, 0) is 18.9 Å². The van der Waals surface area contributed by atoms with Crippen LogP contribution in [0.2, 0.25) is 0 Å². The van der Waals surface area contributed by atoms with E-state index >= 15 is 0 Å². The highest BCUT2D eigenvalue weighted by Crippen LogP contribution is 2.30. The number of aryl methyl sites for hydroxylation is 1. The Bertz CT molecular complexity index is 719. The highest BCUT2D eigenvalue weighted by atomic mass is 32.2. The van der Waals surface area contributed by atoms with Crippen molar-refractivity contribution < 1.29 is 13.6 Å². The first kappa shape index (κ1) is 16.0. The monoisotopic (exact) mass is 337 g/mol. The topological polar surface area (TPSA) is 38.1 Å². The molecule has 1 atom stereocenters. The number of hydrogen-bond acceptors (Lipinski definition) is 3. The highest BCUT2D eigenvalue weighted by Gasteiger charge is 2.30. The first-order chi connectivity index (χ1) is 11.0. The Labute approximate surface area is 137 Å². The summed E-state index contributed by atoms with van der Waals surface area (Å²) in [5.74, 6) is -1.25. The second-order valence-corrected chi connectivity index (χ2v) is 6.73. The molecule has 2 heterocycles. The van der Waals surface area contributed by atoms with Crippen LogP contribution in [0.25, 0.3) is 0 Å². The number of thioether (sulfide) groups is 1. The minimum Gasteiger partial charge on any atom is -0.337 e. The molecule has 1 aliphatic heterocycles. The Morgan fingerprint density at radius 1 is 1.39 bits per heavy atom. The zero-order chi connectivity index (χ0) is 16.4. The fraction of sp³-hybridized carbons (Fsp3) is 0.375. The molecule has 0 spiro atoms. The Kier molecular flexibility index (Phi) is 4.66. The van der Waals surface area contributed by atoms with E-state index in [1.165, 1.54) is 23.9 Å². The van der Waals surface area contributed by atoms with Crippen LogP contribution in [0.1, 0.15) is 18.4 Å². The average molecular weight is 337 g/mol. The predicted octanol–water partition coefficient (Wildman–Crippen LogP) is 2.98. The number of piperidine rings is 1. The van der Waals surface area contributed by atoms with E-state index in [0.29, 0.717) is 12.1 Å². The zero-order valence-corrected chi connectivity index (χ0v) is 13.5. The molecular weight excluding hydrogens is 320 g/mol. The van der Waals surface area contributed by atoms with Gasteiger partial charge in [0.2, 0.25) is 5.91 Å². The second-order valence-electron chi connectivity index (χ2n) is 5.56. The lowest BCUT2D eigenvalue weighted by molar-refractivity contribution is -0.133. The number of aromatic nitrogens is 2. The number of amides is 1. The molecule has 3 rings (SSSR count).